The van der Waals surface area contributed by atoms with Crippen LogP contribution in [0.1, 0.15) is 17.3 Å². The van der Waals surface area contributed by atoms with E-state index in [0.29, 0.717) is 17.1 Å². The average molecular weight is 263 g/mol. The molecule has 4 heteroatoms. The van der Waals surface area contributed by atoms with Gasteiger partial charge < -0.3 is 5.32 Å². The number of rotatable bonds is 2. The first-order valence-corrected chi connectivity index (χ1v) is 5.05. The van der Waals surface area contributed by atoms with E-state index in [0.717, 1.165) is 4.47 Å². The highest BCUT2D eigenvalue weighted by atomic mass is 79.9. The molecule has 1 N–H and O–H groups in total. The molecule has 0 fully saturated rings. The number of benzene rings is 1. The number of halogens is 2. The Morgan fingerprint density at radius 1 is 1.62 bits per heavy atom. The van der Waals surface area contributed by atoms with Crippen LogP contribution in [0.3, 0.4) is 0 Å². The average Bonchev–Trinajstić information content (AvgIpc) is 2.09. The second-order valence-electron chi connectivity index (χ2n) is 2.48. The Kier molecular flexibility index (Phi) is 3.75. The zero-order chi connectivity index (χ0) is 9.84. The number of carbonyl (C=O) groups is 1. The number of hydrogen-bond donors (Lipinski definition) is 1. The molecule has 1 amide bonds. The van der Waals surface area contributed by atoms with E-state index in [1.54, 1.807) is 18.2 Å². The zero-order valence-corrected chi connectivity index (χ0v) is 9.45. The lowest BCUT2D eigenvalue weighted by molar-refractivity contribution is 0.0955. The molecule has 13 heavy (non-hydrogen) atoms. The van der Waals surface area contributed by atoms with Gasteiger partial charge in [-0.3, -0.25) is 4.79 Å². The van der Waals surface area contributed by atoms with Gasteiger partial charge in [-0.05, 0) is 41.1 Å². The van der Waals surface area contributed by atoms with E-state index in [1.165, 1.54) is 0 Å². The fraction of sp³-hybridized carbons (Fsp3) is 0.222. The molecular weight excluding hydrogens is 253 g/mol. The third-order valence-corrected chi connectivity index (χ3v) is 2.44. The second kappa shape index (κ2) is 4.63. The fourth-order valence-electron chi connectivity index (χ4n) is 0.927. The van der Waals surface area contributed by atoms with Crippen LogP contribution in [-0.2, 0) is 0 Å². The molecule has 0 saturated heterocycles. The van der Waals surface area contributed by atoms with Crippen molar-refractivity contribution in [1.82, 2.24) is 5.32 Å². The second-order valence-corrected chi connectivity index (χ2v) is 3.77. The number of nitrogens with one attached hydrogen (secondary N) is 1. The van der Waals surface area contributed by atoms with Crippen molar-refractivity contribution >= 4 is 33.4 Å². The molecule has 0 aliphatic heterocycles. The van der Waals surface area contributed by atoms with Gasteiger partial charge in [0.1, 0.15) is 0 Å². The highest BCUT2D eigenvalue weighted by molar-refractivity contribution is 9.10. The number of carbonyl (C=O) groups excluding carboxylic acids is 1. The van der Waals surface area contributed by atoms with Crippen LogP contribution < -0.4 is 5.32 Å². The van der Waals surface area contributed by atoms with Crippen LogP contribution in [0.5, 0.6) is 0 Å². The number of amides is 1. The van der Waals surface area contributed by atoms with Crippen molar-refractivity contribution in [3.63, 3.8) is 0 Å². The molecule has 0 saturated carbocycles. The maximum atomic E-state index is 11.4. The van der Waals surface area contributed by atoms with Crippen LogP contribution in [0.25, 0.3) is 0 Å². The summed E-state index contributed by atoms with van der Waals surface area (Å²) in [5.41, 5.74) is 0.564. The van der Waals surface area contributed by atoms with Gasteiger partial charge in [0.25, 0.3) is 5.91 Å². The Morgan fingerprint density at radius 3 is 2.92 bits per heavy atom. The molecule has 0 radical (unpaired) electrons. The Bertz CT molecular complexity index is 327. The van der Waals surface area contributed by atoms with Crippen LogP contribution in [0, 0.1) is 0 Å². The van der Waals surface area contributed by atoms with Gasteiger partial charge in [0, 0.05) is 16.0 Å². The summed E-state index contributed by atoms with van der Waals surface area (Å²) in [6, 6.07) is 5.12. The number of hydrogen-bond acceptors (Lipinski definition) is 1. The topological polar surface area (TPSA) is 29.1 Å². The maximum absolute atomic E-state index is 11.4. The van der Waals surface area contributed by atoms with E-state index < -0.39 is 0 Å². The van der Waals surface area contributed by atoms with E-state index in [-0.39, 0.29) is 5.91 Å². The van der Waals surface area contributed by atoms with E-state index in [9.17, 15) is 4.79 Å². The summed E-state index contributed by atoms with van der Waals surface area (Å²) in [6.07, 6.45) is 0. The van der Waals surface area contributed by atoms with Crippen molar-refractivity contribution in [3.05, 3.63) is 33.3 Å². The molecule has 70 valence electrons. The lowest BCUT2D eigenvalue weighted by atomic mass is 10.2. The minimum absolute atomic E-state index is 0.114. The summed E-state index contributed by atoms with van der Waals surface area (Å²) in [7, 11) is 0. The predicted molar refractivity (Wildman–Crippen MR) is 57.2 cm³/mol. The van der Waals surface area contributed by atoms with Crippen molar-refractivity contribution in [2.45, 2.75) is 6.92 Å². The lowest BCUT2D eigenvalue weighted by Gasteiger charge is -2.04. The molecular formula is C9H9BrClNO. The molecule has 0 unspecified atom stereocenters. The minimum Gasteiger partial charge on any atom is -0.352 e. The normalized spacial score (nSPS) is 9.77. The summed E-state index contributed by atoms with van der Waals surface area (Å²) in [6.45, 7) is 2.48. The monoisotopic (exact) mass is 261 g/mol. The lowest BCUT2D eigenvalue weighted by Crippen LogP contribution is -2.22. The maximum Gasteiger partial charge on any atom is 0.252 e. The quantitative estimate of drug-likeness (QED) is 0.872. The van der Waals surface area contributed by atoms with Gasteiger partial charge in [0.2, 0.25) is 0 Å². The summed E-state index contributed by atoms with van der Waals surface area (Å²) >= 11 is 9.04. The molecule has 1 rings (SSSR count). The first-order chi connectivity index (χ1) is 6.15. The van der Waals surface area contributed by atoms with Crippen LogP contribution in [0.15, 0.2) is 22.7 Å². The Morgan fingerprint density at radius 2 is 2.31 bits per heavy atom. The van der Waals surface area contributed by atoms with Crippen molar-refractivity contribution in [2.24, 2.45) is 0 Å². The SMILES string of the molecule is CCNC(=O)c1cc(Cl)ccc1Br. The molecule has 0 bridgehead atoms. The smallest absolute Gasteiger partial charge is 0.252 e. The molecule has 1 aromatic carbocycles. The van der Waals surface area contributed by atoms with Crippen LogP contribution in [0.4, 0.5) is 0 Å². The van der Waals surface area contributed by atoms with Crippen molar-refractivity contribution < 1.29 is 4.79 Å². The highest BCUT2D eigenvalue weighted by Crippen LogP contribution is 2.20. The van der Waals surface area contributed by atoms with Crippen molar-refractivity contribution in [2.75, 3.05) is 6.54 Å². The van der Waals surface area contributed by atoms with Gasteiger partial charge in [0.05, 0.1) is 5.56 Å². The van der Waals surface area contributed by atoms with Gasteiger partial charge in [0.15, 0.2) is 0 Å². The summed E-state index contributed by atoms with van der Waals surface area (Å²) in [4.78, 5) is 11.4. The first kappa shape index (κ1) is 10.5. The Balaban J connectivity index is 2.99. The third kappa shape index (κ3) is 2.71. The molecule has 0 spiro atoms. The van der Waals surface area contributed by atoms with Crippen LogP contribution in [-0.4, -0.2) is 12.5 Å². The van der Waals surface area contributed by atoms with E-state index in [4.69, 9.17) is 11.6 Å². The van der Waals surface area contributed by atoms with Gasteiger partial charge in [-0.1, -0.05) is 11.6 Å². The fourth-order valence-corrected chi connectivity index (χ4v) is 1.53. The molecule has 1 aromatic rings. The summed E-state index contributed by atoms with van der Waals surface area (Å²) in [5, 5.41) is 3.26. The largest absolute Gasteiger partial charge is 0.352 e. The first-order valence-electron chi connectivity index (χ1n) is 3.88. The van der Waals surface area contributed by atoms with Gasteiger partial charge in [-0.2, -0.15) is 0 Å². The van der Waals surface area contributed by atoms with Gasteiger partial charge >= 0.3 is 0 Å². The molecule has 0 atom stereocenters. The Hall–Kier alpha value is -0.540. The minimum atomic E-state index is -0.114. The van der Waals surface area contributed by atoms with E-state index >= 15 is 0 Å². The molecule has 0 aliphatic rings. The van der Waals surface area contributed by atoms with E-state index in [1.807, 2.05) is 6.92 Å². The third-order valence-electron chi connectivity index (χ3n) is 1.51. The molecule has 0 aliphatic carbocycles. The van der Waals surface area contributed by atoms with Crippen molar-refractivity contribution in [3.8, 4) is 0 Å². The van der Waals surface area contributed by atoms with Gasteiger partial charge in [-0.25, -0.2) is 0 Å². The summed E-state index contributed by atoms with van der Waals surface area (Å²) in [5.74, 6) is -0.114. The van der Waals surface area contributed by atoms with E-state index in [2.05, 4.69) is 21.2 Å². The van der Waals surface area contributed by atoms with Crippen LogP contribution >= 0.6 is 27.5 Å². The Labute approximate surface area is 90.4 Å². The molecule has 0 aromatic heterocycles. The zero-order valence-electron chi connectivity index (χ0n) is 7.10. The molecule has 2 nitrogen and oxygen atoms in total. The predicted octanol–water partition coefficient (Wildman–Crippen LogP) is 2.85. The van der Waals surface area contributed by atoms with Crippen LogP contribution in [0.2, 0.25) is 5.02 Å². The molecule has 0 heterocycles. The summed E-state index contributed by atoms with van der Waals surface area (Å²) < 4.78 is 0.753. The van der Waals surface area contributed by atoms with Crippen molar-refractivity contribution in [1.29, 1.82) is 0 Å². The van der Waals surface area contributed by atoms with Gasteiger partial charge in [-0.15, -0.1) is 0 Å². The highest BCUT2D eigenvalue weighted by Gasteiger charge is 2.08. The standard InChI is InChI=1S/C9H9BrClNO/c1-2-12-9(13)7-5-6(11)3-4-8(7)10/h3-5H,2H2,1H3,(H,12,13).